The Morgan fingerprint density at radius 3 is 2.00 bits per heavy atom. The molecule has 0 aromatic heterocycles. The fourth-order valence-corrected chi connectivity index (χ4v) is 4.29. The second-order valence-electron chi connectivity index (χ2n) is 8.23. The van der Waals surface area contributed by atoms with Crippen LogP contribution in [-0.4, -0.2) is 12.4 Å². The lowest BCUT2D eigenvalue weighted by Gasteiger charge is -2.28. The molecule has 152 valence electrons. The Labute approximate surface area is 176 Å². The highest BCUT2D eigenvalue weighted by Crippen LogP contribution is 2.37. The van der Waals surface area contributed by atoms with Gasteiger partial charge < -0.3 is 0 Å². The molecule has 1 fully saturated rings. The largest absolute Gasteiger partial charge is 0.159 e. The molecule has 0 unspecified atom stereocenters. The van der Waals surface area contributed by atoms with Crippen molar-refractivity contribution in [2.45, 2.75) is 64.2 Å². The van der Waals surface area contributed by atoms with Crippen molar-refractivity contribution in [2.75, 3.05) is 0 Å². The van der Waals surface area contributed by atoms with E-state index in [1.54, 1.807) is 6.21 Å². The van der Waals surface area contributed by atoms with Gasteiger partial charge in [0.15, 0.2) is 0 Å². The summed E-state index contributed by atoms with van der Waals surface area (Å²) in [5, 5.41) is 8.41. The number of hydrogen-bond acceptors (Lipinski definition) is 2. The summed E-state index contributed by atoms with van der Waals surface area (Å²) in [7, 11) is 0. The molecular formula is C27H34N2. The van der Waals surface area contributed by atoms with Crippen molar-refractivity contribution in [3.8, 4) is 0 Å². The van der Waals surface area contributed by atoms with Gasteiger partial charge in [0.25, 0.3) is 0 Å². The van der Waals surface area contributed by atoms with Crippen LogP contribution in [0.2, 0.25) is 0 Å². The van der Waals surface area contributed by atoms with Gasteiger partial charge in [-0.3, -0.25) is 0 Å². The van der Waals surface area contributed by atoms with Crippen LogP contribution in [-0.2, 0) is 6.42 Å². The van der Waals surface area contributed by atoms with Gasteiger partial charge in [0.2, 0.25) is 0 Å². The Morgan fingerprint density at radius 2 is 1.45 bits per heavy atom. The van der Waals surface area contributed by atoms with E-state index in [4.69, 9.17) is 0 Å². The zero-order valence-electron chi connectivity index (χ0n) is 17.8. The molecule has 0 bridgehead atoms. The van der Waals surface area contributed by atoms with Crippen LogP contribution >= 0.6 is 0 Å². The van der Waals surface area contributed by atoms with Crippen LogP contribution in [0.25, 0.3) is 0 Å². The third-order valence-corrected chi connectivity index (χ3v) is 6.05. The Hall–Kier alpha value is -2.48. The van der Waals surface area contributed by atoms with Crippen molar-refractivity contribution in [1.82, 2.24) is 0 Å². The highest BCUT2D eigenvalue weighted by molar-refractivity contribution is 5.82. The zero-order chi connectivity index (χ0) is 20.3. The first-order valence-electron chi connectivity index (χ1n) is 11.1. The van der Waals surface area contributed by atoms with E-state index in [-0.39, 0.29) is 0 Å². The van der Waals surface area contributed by atoms with Crippen molar-refractivity contribution in [2.24, 2.45) is 16.1 Å². The summed E-state index contributed by atoms with van der Waals surface area (Å²) in [6, 6.07) is 17.3. The average molecular weight is 387 g/mol. The van der Waals surface area contributed by atoms with Crippen LogP contribution in [0.3, 0.4) is 0 Å². The van der Waals surface area contributed by atoms with E-state index in [1.165, 1.54) is 49.7 Å². The SMILES string of the molecule is C=CCCc1ccc(C=NN=Cc2ccc(C3CCC(CCC)CC3)cc2)cc1. The first-order valence-corrected chi connectivity index (χ1v) is 11.1. The molecule has 2 heteroatoms. The number of hydrogen-bond donors (Lipinski definition) is 0. The van der Waals surface area contributed by atoms with Gasteiger partial charge in [-0.25, -0.2) is 0 Å². The van der Waals surface area contributed by atoms with Crippen molar-refractivity contribution < 1.29 is 0 Å². The van der Waals surface area contributed by atoms with E-state index in [9.17, 15) is 0 Å². The molecule has 0 aliphatic heterocycles. The number of allylic oxidation sites excluding steroid dienone is 1. The lowest BCUT2D eigenvalue weighted by atomic mass is 9.77. The monoisotopic (exact) mass is 386 g/mol. The smallest absolute Gasteiger partial charge is 0.0568 e. The summed E-state index contributed by atoms with van der Waals surface area (Å²) in [6.45, 7) is 6.07. The number of rotatable bonds is 9. The average Bonchev–Trinajstić information content (AvgIpc) is 2.77. The lowest BCUT2D eigenvalue weighted by molar-refractivity contribution is 0.308. The van der Waals surface area contributed by atoms with Gasteiger partial charge in [0, 0.05) is 0 Å². The van der Waals surface area contributed by atoms with Crippen molar-refractivity contribution >= 4 is 12.4 Å². The maximum Gasteiger partial charge on any atom is 0.0568 e. The van der Waals surface area contributed by atoms with Crippen LogP contribution < -0.4 is 0 Å². The third kappa shape index (κ3) is 6.81. The van der Waals surface area contributed by atoms with Crippen LogP contribution in [0.4, 0.5) is 0 Å². The molecule has 2 aromatic carbocycles. The van der Waals surface area contributed by atoms with Gasteiger partial charge in [0.05, 0.1) is 12.4 Å². The van der Waals surface area contributed by atoms with E-state index in [2.05, 4.69) is 72.2 Å². The van der Waals surface area contributed by atoms with Crippen molar-refractivity contribution in [3.63, 3.8) is 0 Å². The molecule has 3 rings (SSSR count). The highest BCUT2D eigenvalue weighted by atomic mass is 15.2. The van der Waals surface area contributed by atoms with Crippen molar-refractivity contribution in [3.05, 3.63) is 83.4 Å². The number of aryl methyl sites for hydroxylation is 1. The molecule has 0 atom stereocenters. The predicted octanol–water partition coefficient (Wildman–Crippen LogP) is 7.33. The van der Waals surface area contributed by atoms with E-state index >= 15 is 0 Å². The molecule has 0 amide bonds. The maximum absolute atomic E-state index is 4.21. The van der Waals surface area contributed by atoms with Gasteiger partial charge in [-0.1, -0.05) is 74.4 Å². The minimum atomic E-state index is 0.738. The third-order valence-electron chi connectivity index (χ3n) is 6.05. The van der Waals surface area contributed by atoms with E-state index in [0.717, 1.165) is 35.8 Å². The molecule has 29 heavy (non-hydrogen) atoms. The summed E-state index contributed by atoms with van der Waals surface area (Å²) >= 11 is 0. The van der Waals surface area contributed by atoms with E-state index in [0.29, 0.717) is 0 Å². The van der Waals surface area contributed by atoms with Gasteiger partial charge in [-0.15, -0.1) is 6.58 Å². The molecule has 0 saturated heterocycles. The maximum atomic E-state index is 4.21. The zero-order valence-corrected chi connectivity index (χ0v) is 17.8. The molecule has 0 heterocycles. The van der Waals surface area contributed by atoms with Crippen LogP contribution in [0.1, 0.15) is 80.0 Å². The quantitative estimate of drug-likeness (QED) is 0.245. The Bertz CT molecular complexity index is 791. The Morgan fingerprint density at radius 1 is 0.862 bits per heavy atom. The first-order chi connectivity index (χ1) is 14.3. The second kappa shape index (κ2) is 11.5. The van der Waals surface area contributed by atoms with Crippen LogP contribution in [0, 0.1) is 5.92 Å². The normalized spacial score (nSPS) is 19.8. The fraction of sp³-hybridized carbons (Fsp3) is 0.407. The Kier molecular flexibility index (Phi) is 8.42. The predicted molar refractivity (Wildman–Crippen MR) is 126 cm³/mol. The molecule has 1 saturated carbocycles. The minimum Gasteiger partial charge on any atom is -0.159 e. The summed E-state index contributed by atoms with van der Waals surface area (Å²) in [4.78, 5) is 0. The fourth-order valence-electron chi connectivity index (χ4n) is 4.29. The topological polar surface area (TPSA) is 24.7 Å². The molecule has 2 aromatic rings. The highest BCUT2D eigenvalue weighted by Gasteiger charge is 2.21. The van der Waals surface area contributed by atoms with Crippen molar-refractivity contribution in [1.29, 1.82) is 0 Å². The lowest BCUT2D eigenvalue weighted by Crippen LogP contribution is -2.13. The summed E-state index contributed by atoms with van der Waals surface area (Å²) in [5.41, 5.74) is 4.98. The van der Waals surface area contributed by atoms with Gasteiger partial charge in [0.1, 0.15) is 0 Å². The molecule has 1 aliphatic rings. The molecule has 0 N–H and O–H groups in total. The summed E-state index contributed by atoms with van der Waals surface area (Å²) in [5.74, 6) is 1.70. The number of benzene rings is 2. The first kappa shape index (κ1) is 21.2. The molecule has 1 aliphatic carbocycles. The van der Waals surface area contributed by atoms with Gasteiger partial charge >= 0.3 is 0 Å². The second-order valence-corrected chi connectivity index (χ2v) is 8.23. The number of nitrogens with zero attached hydrogens (tertiary/aromatic N) is 2. The summed E-state index contributed by atoms with van der Waals surface area (Å²) in [6.07, 6.45) is 15.8. The Balaban J connectivity index is 1.48. The van der Waals surface area contributed by atoms with Gasteiger partial charge in [-0.05, 0) is 72.6 Å². The van der Waals surface area contributed by atoms with E-state index in [1.807, 2.05) is 12.3 Å². The van der Waals surface area contributed by atoms with E-state index < -0.39 is 0 Å². The minimum absolute atomic E-state index is 0.738. The van der Waals surface area contributed by atoms with Crippen LogP contribution in [0.15, 0.2) is 71.4 Å². The molecular weight excluding hydrogens is 352 g/mol. The molecule has 0 radical (unpaired) electrons. The molecule has 0 spiro atoms. The summed E-state index contributed by atoms with van der Waals surface area (Å²) < 4.78 is 0. The standard InChI is InChI=1S/C27H34N2/c1-3-5-7-23-8-10-24(11-9-23)20-28-29-21-25-14-18-27(19-15-25)26-16-12-22(6-4-2)13-17-26/h3,8-11,14-15,18-22,26H,1,4-7,12-13,16-17H2,2H3. The van der Waals surface area contributed by atoms with Crippen LogP contribution in [0.5, 0.6) is 0 Å². The van der Waals surface area contributed by atoms with Gasteiger partial charge in [-0.2, -0.15) is 10.2 Å². The molecule has 2 nitrogen and oxygen atoms in total.